The molecule has 15 heavy (non-hydrogen) atoms. The molecule has 0 atom stereocenters. The zero-order chi connectivity index (χ0) is 10.8. The van der Waals surface area contributed by atoms with Gasteiger partial charge in [0.05, 0.1) is 11.6 Å². The summed E-state index contributed by atoms with van der Waals surface area (Å²) in [5.41, 5.74) is 6.39. The predicted molar refractivity (Wildman–Crippen MR) is 59.3 cm³/mol. The van der Waals surface area contributed by atoms with Crippen LogP contribution in [0.3, 0.4) is 0 Å². The number of nitrogens with zero attached hydrogens (tertiary/aromatic N) is 3. The molecule has 0 unspecified atom stereocenters. The maximum absolute atomic E-state index is 6.07. The molecule has 0 radical (unpaired) electrons. The molecule has 0 amide bonds. The lowest BCUT2D eigenvalue weighted by atomic mass is 10.2. The van der Waals surface area contributed by atoms with E-state index in [0.29, 0.717) is 11.6 Å². The van der Waals surface area contributed by atoms with Gasteiger partial charge in [-0.3, -0.25) is 0 Å². The van der Waals surface area contributed by atoms with E-state index >= 15 is 0 Å². The Morgan fingerprint density at radius 2 is 2.07 bits per heavy atom. The predicted octanol–water partition coefficient (Wildman–Crippen LogP) is 1.59. The van der Waals surface area contributed by atoms with Gasteiger partial charge in [0.25, 0.3) is 0 Å². The summed E-state index contributed by atoms with van der Waals surface area (Å²) in [4.78, 5) is 0. The number of nitrogens with two attached hydrogens (primary N) is 1. The van der Waals surface area contributed by atoms with Gasteiger partial charge in [-0.15, -0.1) is 10.2 Å². The third kappa shape index (κ3) is 1.73. The fourth-order valence-corrected chi connectivity index (χ4v) is 1.64. The van der Waals surface area contributed by atoms with E-state index in [4.69, 9.17) is 17.3 Å². The zero-order valence-corrected chi connectivity index (χ0v) is 9.07. The maximum Gasteiger partial charge on any atom is 0.165 e. The van der Waals surface area contributed by atoms with Crippen molar-refractivity contribution in [1.29, 1.82) is 0 Å². The van der Waals surface area contributed by atoms with Gasteiger partial charge in [0.15, 0.2) is 5.82 Å². The van der Waals surface area contributed by atoms with Gasteiger partial charge in [0.1, 0.15) is 5.82 Å². The van der Waals surface area contributed by atoms with Crippen LogP contribution in [0, 0.1) is 0 Å². The number of aromatic nitrogens is 3. The van der Waals surface area contributed by atoms with Gasteiger partial charge in [-0.05, 0) is 12.1 Å². The van der Waals surface area contributed by atoms with E-state index in [1.165, 1.54) is 0 Å². The highest BCUT2D eigenvalue weighted by Crippen LogP contribution is 2.25. The molecule has 2 aromatic rings. The van der Waals surface area contributed by atoms with Crippen LogP contribution in [0.1, 0.15) is 5.82 Å². The van der Waals surface area contributed by atoms with Crippen molar-refractivity contribution in [3.63, 3.8) is 0 Å². The molecule has 1 aromatic carbocycles. The highest BCUT2D eigenvalue weighted by Gasteiger charge is 2.11. The zero-order valence-electron chi connectivity index (χ0n) is 8.31. The maximum atomic E-state index is 6.07. The van der Waals surface area contributed by atoms with Crippen molar-refractivity contribution >= 4 is 11.6 Å². The molecule has 5 heteroatoms. The van der Waals surface area contributed by atoms with E-state index in [0.717, 1.165) is 17.2 Å². The summed E-state index contributed by atoms with van der Waals surface area (Å²) >= 11 is 6.07. The number of benzene rings is 1. The van der Waals surface area contributed by atoms with Crippen molar-refractivity contribution in [3.05, 3.63) is 35.1 Å². The quantitative estimate of drug-likeness (QED) is 0.840. The van der Waals surface area contributed by atoms with Gasteiger partial charge >= 0.3 is 0 Å². The fraction of sp³-hybridized carbons (Fsp3) is 0.200. The van der Waals surface area contributed by atoms with Gasteiger partial charge in [-0.25, -0.2) is 0 Å². The SMILES string of the molecule is Cn1c(CN)nnc1-c1ccccc1Cl. The molecule has 4 nitrogen and oxygen atoms in total. The van der Waals surface area contributed by atoms with Crippen LogP contribution in [0.15, 0.2) is 24.3 Å². The summed E-state index contributed by atoms with van der Waals surface area (Å²) < 4.78 is 1.85. The van der Waals surface area contributed by atoms with Gasteiger partial charge in [0.2, 0.25) is 0 Å². The molecular formula is C10H11ClN4. The van der Waals surface area contributed by atoms with Crippen molar-refractivity contribution < 1.29 is 0 Å². The first kappa shape index (κ1) is 10.1. The standard InChI is InChI=1S/C10H11ClN4/c1-15-9(6-12)13-14-10(15)7-4-2-3-5-8(7)11/h2-5H,6,12H2,1H3. The molecule has 1 heterocycles. The second-order valence-corrected chi connectivity index (χ2v) is 3.59. The smallest absolute Gasteiger partial charge is 0.165 e. The van der Waals surface area contributed by atoms with Crippen LogP contribution in [0.5, 0.6) is 0 Å². The van der Waals surface area contributed by atoms with Crippen molar-refractivity contribution in [3.8, 4) is 11.4 Å². The van der Waals surface area contributed by atoms with E-state index in [1.807, 2.05) is 35.9 Å². The minimum absolute atomic E-state index is 0.369. The van der Waals surface area contributed by atoms with Crippen LogP contribution in [0.2, 0.25) is 5.02 Å². The summed E-state index contributed by atoms with van der Waals surface area (Å²) in [7, 11) is 1.88. The first-order valence-corrected chi connectivity index (χ1v) is 4.95. The highest BCUT2D eigenvalue weighted by molar-refractivity contribution is 6.33. The second-order valence-electron chi connectivity index (χ2n) is 3.18. The van der Waals surface area contributed by atoms with Crippen LogP contribution < -0.4 is 5.73 Å². The van der Waals surface area contributed by atoms with Crippen LogP contribution in [0.4, 0.5) is 0 Å². The minimum Gasteiger partial charge on any atom is -0.324 e. The van der Waals surface area contributed by atoms with Gasteiger partial charge < -0.3 is 10.3 Å². The Kier molecular flexibility index (Phi) is 2.70. The lowest BCUT2D eigenvalue weighted by Gasteiger charge is -2.03. The summed E-state index contributed by atoms with van der Waals surface area (Å²) in [5.74, 6) is 1.48. The summed E-state index contributed by atoms with van der Waals surface area (Å²) in [6, 6.07) is 7.53. The molecule has 2 rings (SSSR count). The Bertz CT molecular complexity index is 478. The lowest BCUT2D eigenvalue weighted by Crippen LogP contribution is -2.05. The Morgan fingerprint density at radius 1 is 1.33 bits per heavy atom. The van der Waals surface area contributed by atoms with E-state index in [2.05, 4.69) is 10.2 Å². The summed E-state index contributed by atoms with van der Waals surface area (Å²) in [6.07, 6.45) is 0. The van der Waals surface area contributed by atoms with Gasteiger partial charge in [0, 0.05) is 12.6 Å². The Morgan fingerprint density at radius 3 is 2.67 bits per heavy atom. The van der Waals surface area contributed by atoms with Crippen LogP contribution in [-0.2, 0) is 13.6 Å². The average Bonchev–Trinajstić information content (AvgIpc) is 2.60. The Hall–Kier alpha value is -1.39. The molecule has 0 saturated carbocycles. The van der Waals surface area contributed by atoms with Gasteiger partial charge in [-0.2, -0.15) is 0 Å². The first-order chi connectivity index (χ1) is 7.24. The normalized spacial score (nSPS) is 10.6. The molecule has 0 bridgehead atoms. The third-order valence-corrected chi connectivity index (χ3v) is 2.59. The van der Waals surface area contributed by atoms with Crippen LogP contribution in [-0.4, -0.2) is 14.8 Å². The Balaban J connectivity index is 2.55. The second kappa shape index (κ2) is 4.00. The Labute approximate surface area is 92.7 Å². The van der Waals surface area contributed by atoms with Gasteiger partial charge in [-0.1, -0.05) is 23.7 Å². The number of hydrogen-bond acceptors (Lipinski definition) is 3. The number of rotatable bonds is 2. The third-order valence-electron chi connectivity index (χ3n) is 2.26. The van der Waals surface area contributed by atoms with Crippen molar-refractivity contribution in [2.75, 3.05) is 0 Å². The van der Waals surface area contributed by atoms with Crippen LogP contribution in [0.25, 0.3) is 11.4 Å². The molecule has 0 fully saturated rings. The van der Waals surface area contributed by atoms with E-state index in [1.54, 1.807) is 0 Å². The van der Waals surface area contributed by atoms with E-state index in [9.17, 15) is 0 Å². The largest absolute Gasteiger partial charge is 0.324 e. The fourth-order valence-electron chi connectivity index (χ4n) is 1.42. The van der Waals surface area contributed by atoms with E-state index in [-0.39, 0.29) is 0 Å². The van der Waals surface area contributed by atoms with Crippen LogP contribution >= 0.6 is 11.6 Å². The summed E-state index contributed by atoms with van der Waals surface area (Å²) in [5, 5.41) is 8.71. The van der Waals surface area contributed by atoms with Crippen molar-refractivity contribution in [2.45, 2.75) is 6.54 Å². The molecule has 0 saturated heterocycles. The molecule has 0 aliphatic heterocycles. The first-order valence-electron chi connectivity index (χ1n) is 4.57. The summed E-state index contributed by atoms with van der Waals surface area (Å²) in [6.45, 7) is 0.369. The lowest BCUT2D eigenvalue weighted by molar-refractivity contribution is 0.797. The van der Waals surface area contributed by atoms with Crippen molar-refractivity contribution in [2.24, 2.45) is 12.8 Å². The van der Waals surface area contributed by atoms with Crippen molar-refractivity contribution in [1.82, 2.24) is 14.8 Å². The molecule has 0 aliphatic carbocycles. The topological polar surface area (TPSA) is 56.7 Å². The molecule has 1 aromatic heterocycles. The monoisotopic (exact) mass is 222 g/mol. The van der Waals surface area contributed by atoms with E-state index < -0.39 is 0 Å². The molecule has 78 valence electrons. The average molecular weight is 223 g/mol. The molecule has 0 aliphatic rings. The number of halogens is 1. The minimum atomic E-state index is 0.369. The molecule has 2 N–H and O–H groups in total. The molecule has 0 spiro atoms. The number of hydrogen-bond donors (Lipinski definition) is 1. The highest BCUT2D eigenvalue weighted by atomic mass is 35.5. The molecular weight excluding hydrogens is 212 g/mol.